The van der Waals surface area contributed by atoms with Crippen molar-refractivity contribution in [2.75, 3.05) is 0 Å². The van der Waals surface area contributed by atoms with E-state index in [1.807, 2.05) is 6.92 Å². The van der Waals surface area contributed by atoms with Crippen LogP contribution in [-0.2, 0) is 6.42 Å². The topological polar surface area (TPSA) is 48.0 Å². The van der Waals surface area contributed by atoms with Gasteiger partial charge in [-0.2, -0.15) is 0 Å². The van der Waals surface area contributed by atoms with Crippen molar-refractivity contribution in [1.29, 1.82) is 0 Å². The minimum atomic E-state index is -0.310. The number of hydrogen-bond acceptors (Lipinski definition) is 1. The predicted octanol–water partition coefficient (Wildman–Crippen LogP) is 4.55. The van der Waals surface area contributed by atoms with Gasteiger partial charge in [-0.25, -0.2) is 0 Å². The summed E-state index contributed by atoms with van der Waals surface area (Å²) < 4.78 is 2.39. The fourth-order valence-corrected chi connectivity index (χ4v) is 3.52. The highest BCUT2D eigenvalue weighted by Gasteiger charge is 2.32. The van der Waals surface area contributed by atoms with Crippen molar-refractivity contribution >= 4 is 5.91 Å². The summed E-state index contributed by atoms with van der Waals surface area (Å²) in [4.78, 5) is 12.2. The van der Waals surface area contributed by atoms with Crippen LogP contribution in [0.15, 0.2) is 24.3 Å². The summed E-state index contributed by atoms with van der Waals surface area (Å²) in [5.74, 6) is -0.310. The summed E-state index contributed by atoms with van der Waals surface area (Å²) >= 11 is 0. The Morgan fingerprint density at radius 3 is 2.39 bits per heavy atom. The van der Waals surface area contributed by atoms with Crippen molar-refractivity contribution in [1.82, 2.24) is 4.57 Å². The summed E-state index contributed by atoms with van der Waals surface area (Å²) in [6.07, 6.45) is 5.70. The number of benzene rings is 1. The van der Waals surface area contributed by atoms with Gasteiger partial charge in [0.05, 0.1) is 5.56 Å². The highest BCUT2D eigenvalue weighted by atomic mass is 16.1. The SMILES string of the molecule is CCCCc1c(-c2ccc(C)cc2)c(C(N)=O)c(C)n1C1CC1. The molecule has 0 atom stereocenters. The highest BCUT2D eigenvalue weighted by Crippen LogP contribution is 2.43. The first kappa shape index (κ1) is 15.9. The number of unbranched alkanes of at least 4 members (excludes halogenated alkanes) is 1. The zero-order valence-electron chi connectivity index (χ0n) is 14.4. The second-order valence-corrected chi connectivity index (χ2v) is 6.72. The Hall–Kier alpha value is -2.03. The fourth-order valence-electron chi connectivity index (χ4n) is 3.52. The van der Waals surface area contributed by atoms with E-state index in [9.17, 15) is 4.79 Å². The molecule has 3 nitrogen and oxygen atoms in total. The van der Waals surface area contributed by atoms with Gasteiger partial charge in [0, 0.05) is 23.0 Å². The molecule has 2 N–H and O–H groups in total. The molecule has 23 heavy (non-hydrogen) atoms. The smallest absolute Gasteiger partial charge is 0.251 e. The average molecular weight is 310 g/mol. The summed E-state index contributed by atoms with van der Waals surface area (Å²) in [6.45, 7) is 6.33. The van der Waals surface area contributed by atoms with Crippen LogP contribution in [0.25, 0.3) is 11.1 Å². The van der Waals surface area contributed by atoms with Crippen molar-refractivity contribution in [3.05, 3.63) is 46.8 Å². The number of primary amides is 1. The molecule has 0 aliphatic heterocycles. The number of nitrogens with two attached hydrogens (primary N) is 1. The standard InChI is InChI=1S/C20H26N2O/c1-4-5-6-17-19(15-9-7-13(2)8-10-15)18(20(21)23)14(3)22(17)16-11-12-16/h7-10,16H,4-6,11-12H2,1-3H3,(H2,21,23). The van der Waals surface area contributed by atoms with Crippen LogP contribution < -0.4 is 5.73 Å². The van der Waals surface area contributed by atoms with Crippen molar-refractivity contribution in [3.8, 4) is 11.1 Å². The molecule has 3 heteroatoms. The van der Waals surface area contributed by atoms with Crippen LogP contribution in [0.2, 0.25) is 0 Å². The second-order valence-electron chi connectivity index (χ2n) is 6.72. The van der Waals surface area contributed by atoms with Crippen LogP contribution in [-0.4, -0.2) is 10.5 Å². The molecule has 2 aromatic rings. The van der Waals surface area contributed by atoms with Gasteiger partial charge in [-0.15, -0.1) is 0 Å². The Bertz CT molecular complexity index is 721. The van der Waals surface area contributed by atoms with Crippen molar-refractivity contribution in [3.63, 3.8) is 0 Å². The molecule has 1 aromatic heterocycles. The van der Waals surface area contributed by atoms with E-state index in [0.717, 1.165) is 36.1 Å². The van der Waals surface area contributed by atoms with Gasteiger partial charge in [-0.3, -0.25) is 4.79 Å². The first-order chi connectivity index (χ1) is 11.0. The quantitative estimate of drug-likeness (QED) is 0.836. The molecule has 0 spiro atoms. The minimum absolute atomic E-state index is 0.310. The molecule has 1 amide bonds. The first-order valence-corrected chi connectivity index (χ1v) is 8.65. The number of aromatic nitrogens is 1. The highest BCUT2D eigenvalue weighted by molar-refractivity contribution is 6.02. The van der Waals surface area contributed by atoms with Gasteiger partial charge in [0.2, 0.25) is 0 Å². The Balaban J connectivity index is 2.23. The normalized spacial score (nSPS) is 14.2. The van der Waals surface area contributed by atoms with Gasteiger partial charge >= 0.3 is 0 Å². The van der Waals surface area contributed by atoms with Crippen LogP contribution in [0.3, 0.4) is 0 Å². The monoisotopic (exact) mass is 310 g/mol. The molecule has 3 rings (SSSR count). The molecule has 0 unspecified atom stereocenters. The fraction of sp³-hybridized carbons (Fsp3) is 0.450. The van der Waals surface area contributed by atoms with E-state index in [1.54, 1.807) is 0 Å². The summed E-state index contributed by atoms with van der Waals surface area (Å²) in [5, 5.41) is 0. The largest absolute Gasteiger partial charge is 0.366 e. The van der Waals surface area contributed by atoms with E-state index >= 15 is 0 Å². The molecule has 1 heterocycles. The van der Waals surface area contributed by atoms with E-state index in [2.05, 4.69) is 42.7 Å². The molecule has 1 saturated carbocycles. The van der Waals surface area contributed by atoms with E-state index in [1.165, 1.54) is 24.1 Å². The second kappa shape index (κ2) is 6.23. The number of carbonyl (C=O) groups excluding carboxylic acids is 1. The van der Waals surface area contributed by atoms with Gasteiger partial charge < -0.3 is 10.3 Å². The Morgan fingerprint density at radius 1 is 1.22 bits per heavy atom. The van der Waals surface area contributed by atoms with E-state index in [0.29, 0.717) is 11.6 Å². The number of hydrogen-bond donors (Lipinski definition) is 1. The molecule has 0 saturated heterocycles. The van der Waals surface area contributed by atoms with Gasteiger partial charge in [0.15, 0.2) is 0 Å². The van der Waals surface area contributed by atoms with Crippen LogP contribution in [0, 0.1) is 13.8 Å². The molecule has 1 aromatic carbocycles. The summed E-state index contributed by atoms with van der Waals surface area (Å²) in [7, 11) is 0. The van der Waals surface area contributed by atoms with E-state index in [-0.39, 0.29) is 5.91 Å². The number of aryl methyl sites for hydroxylation is 1. The van der Waals surface area contributed by atoms with Crippen molar-refractivity contribution in [2.24, 2.45) is 5.73 Å². The molecule has 1 aliphatic carbocycles. The van der Waals surface area contributed by atoms with Crippen molar-refractivity contribution in [2.45, 2.75) is 58.9 Å². The third-order valence-corrected chi connectivity index (χ3v) is 4.82. The Kier molecular flexibility index (Phi) is 4.29. The van der Waals surface area contributed by atoms with Crippen LogP contribution in [0.4, 0.5) is 0 Å². The van der Waals surface area contributed by atoms with Gasteiger partial charge in [-0.05, 0) is 45.1 Å². The Morgan fingerprint density at radius 2 is 1.87 bits per heavy atom. The van der Waals surface area contributed by atoms with Crippen molar-refractivity contribution < 1.29 is 4.79 Å². The molecular formula is C20H26N2O. The van der Waals surface area contributed by atoms with Gasteiger partial charge in [0.25, 0.3) is 5.91 Å². The summed E-state index contributed by atoms with van der Waals surface area (Å²) in [5.41, 5.74) is 12.2. The molecule has 122 valence electrons. The lowest BCUT2D eigenvalue weighted by Gasteiger charge is -2.12. The molecule has 0 radical (unpaired) electrons. The lowest BCUT2D eigenvalue weighted by atomic mass is 9.97. The maximum atomic E-state index is 12.2. The zero-order chi connectivity index (χ0) is 16.6. The lowest BCUT2D eigenvalue weighted by Crippen LogP contribution is -2.13. The van der Waals surface area contributed by atoms with E-state index < -0.39 is 0 Å². The Labute approximate surface area is 138 Å². The lowest BCUT2D eigenvalue weighted by molar-refractivity contribution is 0.1000. The summed E-state index contributed by atoms with van der Waals surface area (Å²) in [6, 6.07) is 8.99. The van der Waals surface area contributed by atoms with E-state index in [4.69, 9.17) is 5.73 Å². The van der Waals surface area contributed by atoms with Crippen LogP contribution in [0.1, 0.15) is 66.0 Å². The molecular weight excluding hydrogens is 284 g/mol. The number of rotatable bonds is 6. The number of nitrogens with zero attached hydrogens (tertiary/aromatic N) is 1. The number of amides is 1. The first-order valence-electron chi connectivity index (χ1n) is 8.65. The number of carbonyl (C=O) groups is 1. The maximum Gasteiger partial charge on any atom is 0.251 e. The third-order valence-electron chi connectivity index (χ3n) is 4.82. The maximum absolute atomic E-state index is 12.2. The average Bonchev–Trinajstić information content (AvgIpc) is 3.30. The molecule has 0 bridgehead atoms. The van der Waals surface area contributed by atoms with Crippen LogP contribution in [0.5, 0.6) is 0 Å². The minimum Gasteiger partial charge on any atom is -0.366 e. The van der Waals surface area contributed by atoms with Crippen LogP contribution >= 0.6 is 0 Å². The predicted molar refractivity (Wildman–Crippen MR) is 94.7 cm³/mol. The molecule has 1 aliphatic rings. The van der Waals surface area contributed by atoms with Gasteiger partial charge in [0.1, 0.15) is 0 Å². The third kappa shape index (κ3) is 2.92. The zero-order valence-corrected chi connectivity index (χ0v) is 14.4. The molecule has 1 fully saturated rings. The van der Waals surface area contributed by atoms with Gasteiger partial charge in [-0.1, -0.05) is 43.2 Å².